The van der Waals surface area contributed by atoms with Gasteiger partial charge in [0.1, 0.15) is 6.04 Å². The molecule has 7 heteroatoms. The third-order valence-corrected chi connectivity index (χ3v) is 3.16. The Labute approximate surface area is 110 Å². The number of aliphatic carboxylic acids is 1. The number of rotatable bonds is 4. The monoisotopic (exact) mass is 266 g/mol. The van der Waals surface area contributed by atoms with Gasteiger partial charge in [-0.05, 0) is 6.42 Å². The van der Waals surface area contributed by atoms with Crippen molar-refractivity contribution in [3.63, 3.8) is 0 Å². The highest BCUT2D eigenvalue weighted by molar-refractivity contribution is 5.78. The first kappa shape index (κ1) is 13.5. The molecule has 1 aliphatic rings. The minimum absolute atomic E-state index is 0.225. The number of nitrogens with one attached hydrogen (secondary N) is 1. The molecule has 1 unspecified atom stereocenters. The molecule has 0 amide bonds. The van der Waals surface area contributed by atoms with Gasteiger partial charge in [-0.25, -0.2) is 9.78 Å². The van der Waals surface area contributed by atoms with E-state index in [1.165, 1.54) is 0 Å². The molecule has 0 spiro atoms. The van der Waals surface area contributed by atoms with Gasteiger partial charge in [0.05, 0.1) is 0 Å². The molecule has 2 heterocycles. The second kappa shape index (κ2) is 5.83. The fourth-order valence-electron chi connectivity index (χ4n) is 2.23. The first-order chi connectivity index (χ1) is 9.15. The van der Waals surface area contributed by atoms with E-state index >= 15 is 0 Å². The number of carboxylic acid groups (broad SMARTS) is 1. The SMILES string of the molecule is CCCn1ccnc(N2CCNCC2C(=O)O)c1=O. The summed E-state index contributed by atoms with van der Waals surface area (Å²) in [5.41, 5.74) is -0.225. The van der Waals surface area contributed by atoms with Crippen LogP contribution < -0.4 is 15.8 Å². The van der Waals surface area contributed by atoms with E-state index in [0.717, 1.165) is 6.42 Å². The van der Waals surface area contributed by atoms with Crippen LogP contribution >= 0.6 is 0 Å². The van der Waals surface area contributed by atoms with E-state index in [-0.39, 0.29) is 11.4 Å². The Bertz CT molecular complexity index is 514. The van der Waals surface area contributed by atoms with Gasteiger partial charge >= 0.3 is 5.97 Å². The number of piperazine rings is 1. The second-order valence-electron chi connectivity index (χ2n) is 4.50. The van der Waals surface area contributed by atoms with Crippen molar-refractivity contribution in [3.05, 3.63) is 22.7 Å². The summed E-state index contributed by atoms with van der Waals surface area (Å²) in [6.45, 7) is 4.03. The van der Waals surface area contributed by atoms with E-state index in [4.69, 9.17) is 0 Å². The highest BCUT2D eigenvalue weighted by Gasteiger charge is 2.31. The Morgan fingerprint density at radius 3 is 3.11 bits per heavy atom. The predicted molar refractivity (Wildman–Crippen MR) is 70.4 cm³/mol. The summed E-state index contributed by atoms with van der Waals surface area (Å²) in [5, 5.41) is 12.2. The van der Waals surface area contributed by atoms with Gasteiger partial charge in [-0.3, -0.25) is 4.79 Å². The maximum absolute atomic E-state index is 12.3. The zero-order chi connectivity index (χ0) is 13.8. The van der Waals surface area contributed by atoms with Gasteiger partial charge in [0.15, 0.2) is 5.82 Å². The molecule has 1 aromatic heterocycles. The number of anilines is 1. The molecular formula is C12H18N4O3. The van der Waals surface area contributed by atoms with Crippen molar-refractivity contribution < 1.29 is 9.90 Å². The Balaban J connectivity index is 2.36. The lowest BCUT2D eigenvalue weighted by Crippen LogP contribution is -2.56. The zero-order valence-electron chi connectivity index (χ0n) is 10.9. The molecule has 19 heavy (non-hydrogen) atoms. The topological polar surface area (TPSA) is 87.5 Å². The first-order valence-electron chi connectivity index (χ1n) is 6.40. The second-order valence-corrected chi connectivity index (χ2v) is 4.50. The van der Waals surface area contributed by atoms with E-state index in [9.17, 15) is 14.7 Å². The van der Waals surface area contributed by atoms with Crippen LogP contribution in [0.4, 0.5) is 5.82 Å². The molecule has 0 bridgehead atoms. The average Bonchev–Trinajstić information content (AvgIpc) is 2.41. The quantitative estimate of drug-likeness (QED) is 0.765. The van der Waals surface area contributed by atoms with Crippen LogP contribution in [0.2, 0.25) is 0 Å². The van der Waals surface area contributed by atoms with Gasteiger partial charge in [0, 0.05) is 38.6 Å². The fraction of sp³-hybridized carbons (Fsp3) is 0.583. The first-order valence-corrected chi connectivity index (χ1v) is 6.40. The Morgan fingerprint density at radius 1 is 1.63 bits per heavy atom. The number of aromatic nitrogens is 2. The summed E-state index contributed by atoms with van der Waals surface area (Å²) in [6.07, 6.45) is 4.02. The van der Waals surface area contributed by atoms with Crippen molar-refractivity contribution in [2.75, 3.05) is 24.5 Å². The van der Waals surface area contributed by atoms with Crippen molar-refractivity contribution in [2.45, 2.75) is 25.9 Å². The normalized spacial score (nSPS) is 19.4. The number of hydrogen-bond acceptors (Lipinski definition) is 5. The Kier molecular flexibility index (Phi) is 4.16. The van der Waals surface area contributed by atoms with Gasteiger partial charge in [-0.2, -0.15) is 0 Å². The molecule has 0 aliphatic carbocycles. The standard InChI is InChI=1S/C12H18N4O3/c1-2-5-15-6-4-14-10(11(15)17)16-7-3-13-8-9(16)12(18)19/h4,6,9,13H,2-3,5,7-8H2,1H3,(H,18,19). The molecular weight excluding hydrogens is 248 g/mol. The van der Waals surface area contributed by atoms with E-state index in [0.29, 0.717) is 26.2 Å². The number of carboxylic acids is 1. The molecule has 7 nitrogen and oxygen atoms in total. The van der Waals surface area contributed by atoms with Crippen LogP contribution in [-0.2, 0) is 11.3 Å². The van der Waals surface area contributed by atoms with Crippen molar-refractivity contribution in [1.82, 2.24) is 14.9 Å². The molecule has 1 aliphatic heterocycles. The molecule has 1 saturated heterocycles. The van der Waals surface area contributed by atoms with Crippen LogP contribution in [0.1, 0.15) is 13.3 Å². The smallest absolute Gasteiger partial charge is 0.327 e. The van der Waals surface area contributed by atoms with Crippen LogP contribution in [0.15, 0.2) is 17.2 Å². The lowest BCUT2D eigenvalue weighted by Gasteiger charge is -2.33. The number of hydrogen-bond donors (Lipinski definition) is 2. The Morgan fingerprint density at radius 2 is 2.42 bits per heavy atom. The molecule has 2 N–H and O–H groups in total. The van der Waals surface area contributed by atoms with Gasteiger partial charge in [-0.15, -0.1) is 0 Å². The van der Waals surface area contributed by atoms with Crippen LogP contribution in [0, 0.1) is 0 Å². The van der Waals surface area contributed by atoms with E-state index in [2.05, 4.69) is 10.3 Å². The largest absolute Gasteiger partial charge is 0.480 e. The Hall–Kier alpha value is -1.89. The lowest BCUT2D eigenvalue weighted by atomic mass is 10.2. The van der Waals surface area contributed by atoms with Crippen LogP contribution in [0.5, 0.6) is 0 Å². The molecule has 0 saturated carbocycles. The molecule has 0 radical (unpaired) electrons. The van der Waals surface area contributed by atoms with E-state index in [1.807, 2.05) is 6.92 Å². The van der Waals surface area contributed by atoms with Crippen molar-refractivity contribution >= 4 is 11.8 Å². The fourth-order valence-corrected chi connectivity index (χ4v) is 2.23. The maximum Gasteiger partial charge on any atom is 0.327 e. The van der Waals surface area contributed by atoms with Crippen LogP contribution in [-0.4, -0.2) is 46.3 Å². The van der Waals surface area contributed by atoms with E-state index < -0.39 is 12.0 Å². The minimum atomic E-state index is -0.945. The summed E-state index contributed by atoms with van der Waals surface area (Å²) < 4.78 is 1.57. The predicted octanol–water partition coefficient (Wildman–Crippen LogP) is -0.484. The number of carbonyl (C=O) groups is 1. The number of aryl methyl sites for hydroxylation is 1. The van der Waals surface area contributed by atoms with E-state index in [1.54, 1.807) is 21.9 Å². The average molecular weight is 266 g/mol. The third kappa shape index (κ3) is 2.76. The minimum Gasteiger partial charge on any atom is -0.480 e. The summed E-state index contributed by atoms with van der Waals surface area (Å²) >= 11 is 0. The van der Waals surface area contributed by atoms with Gasteiger partial charge in [0.25, 0.3) is 5.56 Å². The van der Waals surface area contributed by atoms with Crippen molar-refractivity contribution in [2.24, 2.45) is 0 Å². The molecule has 1 atom stereocenters. The number of nitrogens with zero attached hydrogens (tertiary/aromatic N) is 3. The molecule has 1 aromatic rings. The molecule has 0 aromatic carbocycles. The highest BCUT2D eigenvalue weighted by Crippen LogP contribution is 2.11. The highest BCUT2D eigenvalue weighted by atomic mass is 16.4. The summed E-state index contributed by atoms with van der Waals surface area (Å²) in [4.78, 5) is 29.2. The summed E-state index contributed by atoms with van der Waals surface area (Å²) in [6, 6.07) is -0.744. The zero-order valence-corrected chi connectivity index (χ0v) is 10.9. The maximum atomic E-state index is 12.3. The third-order valence-electron chi connectivity index (χ3n) is 3.16. The molecule has 104 valence electrons. The van der Waals surface area contributed by atoms with Crippen LogP contribution in [0.25, 0.3) is 0 Å². The summed E-state index contributed by atoms with van der Waals surface area (Å²) in [7, 11) is 0. The van der Waals surface area contributed by atoms with Gasteiger partial charge in [0.2, 0.25) is 0 Å². The van der Waals surface area contributed by atoms with Gasteiger partial charge in [-0.1, -0.05) is 6.92 Å². The van der Waals surface area contributed by atoms with Crippen molar-refractivity contribution in [1.29, 1.82) is 0 Å². The lowest BCUT2D eigenvalue weighted by molar-refractivity contribution is -0.138. The molecule has 2 rings (SSSR count). The van der Waals surface area contributed by atoms with Crippen LogP contribution in [0.3, 0.4) is 0 Å². The van der Waals surface area contributed by atoms with Gasteiger partial charge < -0.3 is 19.9 Å². The molecule has 1 fully saturated rings. The van der Waals surface area contributed by atoms with Crippen molar-refractivity contribution in [3.8, 4) is 0 Å². The summed E-state index contributed by atoms with van der Waals surface area (Å²) in [5.74, 6) is -0.718.